The van der Waals surface area contributed by atoms with Gasteiger partial charge in [-0.25, -0.2) is 0 Å². The number of rotatable bonds is 10. The van der Waals surface area contributed by atoms with Gasteiger partial charge in [0.05, 0.1) is 0 Å². The third-order valence-electron chi connectivity index (χ3n) is 1.84. The molecular weight excluding hydrogens is 272 g/mol. The lowest BCUT2D eigenvalue weighted by molar-refractivity contribution is -0.151. The molecule has 0 aromatic rings. The number of carbonyl (C=O) groups excluding carboxylic acids is 2. The van der Waals surface area contributed by atoms with Crippen molar-refractivity contribution in [1.29, 1.82) is 0 Å². The predicted octanol–water partition coefficient (Wildman–Crippen LogP) is 1.57. The van der Waals surface area contributed by atoms with E-state index >= 15 is 0 Å². The number of hydrogen-bond donors (Lipinski definition) is 0. The third kappa shape index (κ3) is 10.8. The first-order valence-corrected chi connectivity index (χ1v) is 7.19. The van der Waals surface area contributed by atoms with Gasteiger partial charge in [-0.2, -0.15) is 0 Å². The van der Waals surface area contributed by atoms with Gasteiger partial charge in [-0.05, 0) is 13.8 Å². The summed E-state index contributed by atoms with van der Waals surface area (Å²) in [5.74, 6) is -0.348. The second-order valence-corrected chi connectivity index (χ2v) is 4.71. The van der Waals surface area contributed by atoms with Crippen molar-refractivity contribution in [1.82, 2.24) is 0 Å². The van der Waals surface area contributed by atoms with Crippen LogP contribution >= 0.6 is 11.8 Å². The smallest absolute Gasteiger partial charge is 0.303 e. The molecule has 0 fully saturated rings. The van der Waals surface area contributed by atoms with Crippen molar-refractivity contribution in [2.45, 2.75) is 39.4 Å². The Balaban J connectivity index is 4.19. The Kier molecular flexibility index (Phi) is 10.6. The summed E-state index contributed by atoms with van der Waals surface area (Å²) in [6, 6.07) is 0. The number of carbonyl (C=O) groups is 2. The van der Waals surface area contributed by atoms with E-state index in [0.717, 1.165) is 0 Å². The molecule has 0 heterocycles. The van der Waals surface area contributed by atoms with Gasteiger partial charge in [0.25, 0.3) is 0 Å². The number of esters is 2. The summed E-state index contributed by atoms with van der Waals surface area (Å²) in [7, 11) is 0. The first kappa shape index (κ1) is 18.2. The van der Waals surface area contributed by atoms with E-state index in [4.69, 9.17) is 18.9 Å². The zero-order chi connectivity index (χ0) is 14.7. The van der Waals surface area contributed by atoms with E-state index in [2.05, 4.69) is 0 Å². The van der Waals surface area contributed by atoms with Crippen molar-refractivity contribution in [3.05, 3.63) is 0 Å². The van der Waals surface area contributed by atoms with Crippen LogP contribution in [0.15, 0.2) is 0 Å². The largest absolute Gasteiger partial charge is 0.461 e. The van der Waals surface area contributed by atoms with E-state index in [1.165, 1.54) is 25.6 Å². The Labute approximate surface area is 118 Å². The Morgan fingerprint density at radius 1 is 1.05 bits per heavy atom. The van der Waals surface area contributed by atoms with Gasteiger partial charge in [-0.1, -0.05) is 0 Å². The van der Waals surface area contributed by atoms with E-state index in [9.17, 15) is 9.59 Å². The molecule has 6 nitrogen and oxygen atoms in total. The molecule has 0 aliphatic heterocycles. The molecule has 1 atom stereocenters. The predicted molar refractivity (Wildman–Crippen MR) is 71.7 cm³/mol. The summed E-state index contributed by atoms with van der Waals surface area (Å²) in [6.45, 7) is 7.45. The van der Waals surface area contributed by atoms with Gasteiger partial charge in [-0.15, -0.1) is 11.8 Å². The topological polar surface area (TPSA) is 71.1 Å². The molecule has 19 heavy (non-hydrogen) atoms. The standard InChI is InChI=1S/C12H22O6S/c1-5-15-11(16-6-2)8-19-12(18-10(4)14)7-17-9(3)13/h11-12H,5-8H2,1-4H3/t12-/m1/s1. The third-order valence-corrected chi connectivity index (χ3v) is 2.91. The Morgan fingerprint density at radius 3 is 2.05 bits per heavy atom. The van der Waals surface area contributed by atoms with Crippen LogP contribution in [0, 0.1) is 0 Å². The van der Waals surface area contributed by atoms with Gasteiger partial charge in [0.15, 0.2) is 11.7 Å². The van der Waals surface area contributed by atoms with E-state index in [-0.39, 0.29) is 12.9 Å². The van der Waals surface area contributed by atoms with Crippen molar-refractivity contribution in [2.75, 3.05) is 25.6 Å². The zero-order valence-corrected chi connectivity index (χ0v) is 12.7. The van der Waals surface area contributed by atoms with Gasteiger partial charge in [-0.3, -0.25) is 9.59 Å². The van der Waals surface area contributed by atoms with Crippen molar-refractivity contribution >= 4 is 23.7 Å². The highest BCUT2D eigenvalue weighted by Gasteiger charge is 2.18. The molecule has 0 saturated carbocycles. The summed E-state index contributed by atoms with van der Waals surface area (Å²) < 4.78 is 20.6. The lowest BCUT2D eigenvalue weighted by Crippen LogP contribution is -2.26. The molecule has 0 N–H and O–H groups in total. The van der Waals surface area contributed by atoms with Crippen LogP contribution in [-0.4, -0.2) is 49.2 Å². The number of hydrogen-bond acceptors (Lipinski definition) is 7. The van der Waals surface area contributed by atoms with Crippen LogP contribution in [0.1, 0.15) is 27.7 Å². The fourth-order valence-corrected chi connectivity index (χ4v) is 2.12. The highest BCUT2D eigenvalue weighted by molar-refractivity contribution is 7.99. The van der Waals surface area contributed by atoms with E-state index in [1.807, 2.05) is 13.8 Å². The van der Waals surface area contributed by atoms with Gasteiger partial charge >= 0.3 is 11.9 Å². The minimum atomic E-state index is -0.551. The van der Waals surface area contributed by atoms with Crippen LogP contribution in [0.2, 0.25) is 0 Å². The van der Waals surface area contributed by atoms with Crippen molar-refractivity contribution in [3.63, 3.8) is 0 Å². The summed E-state index contributed by atoms with van der Waals surface area (Å²) >= 11 is 1.31. The van der Waals surface area contributed by atoms with Crippen LogP contribution < -0.4 is 0 Å². The zero-order valence-electron chi connectivity index (χ0n) is 11.8. The SMILES string of the molecule is CCOC(CS[C@H](COC(C)=O)OC(C)=O)OCC. The number of ether oxygens (including phenoxy) is 4. The highest BCUT2D eigenvalue weighted by Crippen LogP contribution is 2.17. The monoisotopic (exact) mass is 294 g/mol. The lowest BCUT2D eigenvalue weighted by Gasteiger charge is -2.20. The maximum atomic E-state index is 11.0. The van der Waals surface area contributed by atoms with Crippen molar-refractivity contribution in [2.24, 2.45) is 0 Å². The molecule has 0 aromatic carbocycles. The molecule has 0 spiro atoms. The van der Waals surface area contributed by atoms with E-state index in [1.54, 1.807) is 0 Å². The Morgan fingerprint density at radius 2 is 1.63 bits per heavy atom. The van der Waals surface area contributed by atoms with Crippen LogP contribution in [0.4, 0.5) is 0 Å². The Bertz CT molecular complexity index is 265. The summed E-state index contributed by atoms with van der Waals surface area (Å²) in [5, 5.41) is 0. The highest BCUT2D eigenvalue weighted by atomic mass is 32.2. The van der Waals surface area contributed by atoms with E-state index in [0.29, 0.717) is 19.0 Å². The molecule has 0 unspecified atom stereocenters. The fraction of sp³-hybridized carbons (Fsp3) is 0.833. The second-order valence-electron chi connectivity index (χ2n) is 3.52. The van der Waals surface area contributed by atoms with E-state index < -0.39 is 17.4 Å². The van der Waals surface area contributed by atoms with Gasteiger partial charge in [0.2, 0.25) is 0 Å². The molecule has 0 aliphatic rings. The minimum Gasteiger partial charge on any atom is -0.461 e. The quantitative estimate of drug-likeness (QED) is 0.447. The molecule has 0 saturated heterocycles. The maximum Gasteiger partial charge on any atom is 0.303 e. The summed E-state index contributed by atoms with van der Waals surface area (Å²) in [6.07, 6.45) is -0.365. The lowest BCUT2D eigenvalue weighted by atomic mass is 10.7. The van der Waals surface area contributed by atoms with Crippen molar-refractivity contribution in [3.8, 4) is 0 Å². The van der Waals surface area contributed by atoms with Crippen LogP contribution in [0.5, 0.6) is 0 Å². The van der Waals surface area contributed by atoms with Crippen LogP contribution in [0.3, 0.4) is 0 Å². The fourth-order valence-electron chi connectivity index (χ4n) is 1.19. The molecule has 0 rings (SSSR count). The minimum absolute atomic E-state index is 0.0184. The van der Waals surface area contributed by atoms with Crippen molar-refractivity contribution < 1.29 is 28.5 Å². The molecule has 112 valence electrons. The first-order chi connectivity index (χ1) is 8.99. The average Bonchev–Trinajstić information content (AvgIpc) is 2.32. The molecular formula is C12H22O6S. The first-order valence-electron chi connectivity index (χ1n) is 6.14. The second kappa shape index (κ2) is 11.1. The van der Waals surface area contributed by atoms with Gasteiger partial charge in [0.1, 0.15) is 6.61 Å². The molecule has 7 heteroatoms. The molecule has 0 bridgehead atoms. The normalized spacial score (nSPS) is 12.3. The maximum absolute atomic E-state index is 11.0. The molecule has 0 amide bonds. The summed E-state index contributed by atoms with van der Waals surface area (Å²) in [5.41, 5.74) is -0.551. The number of thioether (sulfide) groups is 1. The molecule has 0 radical (unpaired) electrons. The molecule has 0 aromatic heterocycles. The average molecular weight is 294 g/mol. The molecule has 0 aliphatic carbocycles. The van der Waals surface area contributed by atoms with Crippen LogP contribution in [-0.2, 0) is 28.5 Å². The van der Waals surface area contributed by atoms with Gasteiger partial charge < -0.3 is 18.9 Å². The summed E-state index contributed by atoms with van der Waals surface area (Å²) in [4.78, 5) is 21.7. The van der Waals surface area contributed by atoms with Gasteiger partial charge in [0, 0.05) is 32.8 Å². The Hall–Kier alpha value is -0.790. The van der Waals surface area contributed by atoms with Crippen LogP contribution in [0.25, 0.3) is 0 Å².